The Kier molecular flexibility index (Phi) is 6.65. The predicted molar refractivity (Wildman–Crippen MR) is 110 cm³/mol. The lowest BCUT2D eigenvalue weighted by Gasteiger charge is -2.06. The van der Waals surface area contributed by atoms with E-state index in [-0.39, 0.29) is 32.9 Å². The molecule has 1 aromatic heterocycles. The molecule has 1 amide bonds. The summed E-state index contributed by atoms with van der Waals surface area (Å²) in [4.78, 5) is 28.6. The lowest BCUT2D eigenvalue weighted by molar-refractivity contribution is -0.143. The standard InChI is InChI=1S/C20H18F2N2O5S2/c1-3-29-18(26)11-24-19-15(22)9-13(21)10-16(19)30-20(24)23-17(25)8-12-4-6-14(7-5-12)31(2,27)28/h4-7,9-10H,3,8,11H2,1-2H3. The fourth-order valence-corrected chi connectivity index (χ4v) is 4.59. The van der Waals surface area contributed by atoms with E-state index in [1.54, 1.807) is 6.92 Å². The molecule has 0 N–H and O–H groups in total. The number of nitrogens with zero attached hydrogens (tertiary/aromatic N) is 2. The Bertz CT molecular complexity index is 1330. The number of carbonyl (C=O) groups excluding carboxylic acids is 2. The van der Waals surface area contributed by atoms with E-state index in [4.69, 9.17) is 4.74 Å². The van der Waals surface area contributed by atoms with Crippen molar-refractivity contribution < 1.29 is 31.5 Å². The van der Waals surface area contributed by atoms with Crippen molar-refractivity contribution in [3.8, 4) is 0 Å². The fourth-order valence-electron chi connectivity index (χ4n) is 2.87. The van der Waals surface area contributed by atoms with Crippen LogP contribution in [0.3, 0.4) is 0 Å². The highest BCUT2D eigenvalue weighted by atomic mass is 32.2. The van der Waals surface area contributed by atoms with Crippen LogP contribution in [0.5, 0.6) is 0 Å². The quantitative estimate of drug-likeness (QED) is 0.519. The van der Waals surface area contributed by atoms with E-state index in [1.165, 1.54) is 28.8 Å². The molecule has 0 spiro atoms. The number of carbonyl (C=O) groups is 2. The van der Waals surface area contributed by atoms with Gasteiger partial charge in [-0.05, 0) is 30.7 Å². The van der Waals surface area contributed by atoms with Crippen molar-refractivity contribution in [1.29, 1.82) is 0 Å². The third kappa shape index (κ3) is 5.42. The minimum absolute atomic E-state index is 0.0188. The number of sulfone groups is 1. The number of hydrogen-bond donors (Lipinski definition) is 0. The highest BCUT2D eigenvalue weighted by Crippen LogP contribution is 2.22. The Morgan fingerprint density at radius 1 is 1.16 bits per heavy atom. The van der Waals surface area contributed by atoms with E-state index in [0.29, 0.717) is 11.6 Å². The average Bonchev–Trinajstić information content (AvgIpc) is 2.98. The van der Waals surface area contributed by atoms with Crippen LogP contribution in [0, 0.1) is 11.6 Å². The van der Waals surface area contributed by atoms with Gasteiger partial charge in [0.05, 0.1) is 28.1 Å². The van der Waals surface area contributed by atoms with Crippen LogP contribution in [0.4, 0.5) is 8.78 Å². The van der Waals surface area contributed by atoms with Gasteiger partial charge >= 0.3 is 5.97 Å². The first-order valence-corrected chi connectivity index (χ1v) is 11.8. The molecular weight excluding hydrogens is 450 g/mol. The van der Waals surface area contributed by atoms with Crippen LogP contribution < -0.4 is 4.80 Å². The van der Waals surface area contributed by atoms with Crippen LogP contribution in [0.15, 0.2) is 46.3 Å². The van der Waals surface area contributed by atoms with Gasteiger partial charge in [0, 0.05) is 12.3 Å². The molecule has 0 radical (unpaired) electrons. The lowest BCUT2D eigenvalue weighted by Crippen LogP contribution is -2.23. The van der Waals surface area contributed by atoms with Crippen molar-refractivity contribution in [2.45, 2.75) is 24.8 Å². The summed E-state index contributed by atoms with van der Waals surface area (Å²) in [7, 11) is -3.36. The third-order valence-corrected chi connectivity index (χ3v) is 6.37. The monoisotopic (exact) mass is 468 g/mol. The summed E-state index contributed by atoms with van der Waals surface area (Å²) in [5.74, 6) is -2.94. The first-order chi connectivity index (χ1) is 14.6. The van der Waals surface area contributed by atoms with Crippen molar-refractivity contribution in [3.63, 3.8) is 0 Å². The van der Waals surface area contributed by atoms with Crippen LogP contribution in [-0.4, -0.2) is 37.7 Å². The molecule has 0 unspecified atom stereocenters. The fraction of sp³-hybridized carbons (Fsp3) is 0.250. The lowest BCUT2D eigenvalue weighted by atomic mass is 10.1. The van der Waals surface area contributed by atoms with Gasteiger partial charge in [0.1, 0.15) is 12.4 Å². The van der Waals surface area contributed by atoms with Crippen molar-refractivity contribution in [1.82, 2.24) is 4.57 Å². The number of ether oxygens (including phenoxy) is 1. The summed E-state index contributed by atoms with van der Waals surface area (Å²) < 4.78 is 57.3. The normalized spacial score (nSPS) is 12.3. The molecule has 7 nitrogen and oxygen atoms in total. The maximum atomic E-state index is 14.4. The molecule has 11 heteroatoms. The summed E-state index contributed by atoms with van der Waals surface area (Å²) in [5.41, 5.74) is 0.472. The first-order valence-electron chi connectivity index (χ1n) is 9.09. The van der Waals surface area contributed by atoms with Gasteiger partial charge in [0.2, 0.25) is 0 Å². The van der Waals surface area contributed by atoms with E-state index in [9.17, 15) is 26.8 Å². The van der Waals surface area contributed by atoms with E-state index < -0.39 is 39.9 Å². The molecule has 0 aliphatic rings. The van der Waals surface area contributed by atoms with E-state index in [2.05, 4.69) is 4.99 Å². The number of amides is 1. The Morgan fingerprint density at radius 3 is 2.45 bits per heavy atom. The molecule has 0 fully saturated rings. The SMILES string of the molecule is CCOC(=O)Cn1c(=NC(=O)Cc2ccc(S(C)(=O)=O)cc2)sc2cc(F)cc(F)c21. The van der Waals surface area contributed by atoms with Gasteiger partial charge in [-0.3, -0.25) is 9.59 Å². The molecule has 31 heavy (non-hydrogen) atoms. The summed E-state index contributed by atoms with van der Waals surface area (Å²) in [6.07, 6.45) is 0.933. The van der Waals surface area contributed by atoms with Crippen LogP contribution in [0.2, 0.25) is 0 Å². The van der Waals surface area contributed by atoms with E-state index >= 15 is 0 Å². The van der Waals surface area contributed by atoms with Crippen molar-refractivity contribution in [2.75, 3.05) is 12.9 Å². The maximum absolute atomic E-state index is 14.4. The number of aromatic nitrogens is 1. The smallest absolute Gasteiger partial charge is 0.326 e. The molecule has 2 aromatic carbocycles. The zero-order valence-electron chi connectivity index (χ0n) is 16.6. The van der Waals surface area contributed by atoms with Crippen molar-refractivity contribution >= 4 is 43.3 Å². The Morgan fingerprint density at radius 2 is 1.84 bits per heavy atom. The van der Waals surface area contributed by atoms with Gasteiger partial charge in [-0.2, -0.15) is 4.99 Å². The molecule has 3 rings (SSSR count). The summed E-state index contributed by atoms with van der Waals surface area (Å²) in [6, 6.07) is 7.55. The second kappa shape index (κ2) is 9.06. The zero-order chi connectivity index (χ0) is 22.8. The maximum Gasteiger partial charge on any atom is 0.326 e. The summed E-state index contributed by atoms with van der Waals surface area (Å²) >= 11 is 0.865. The van der Waals surface area contributed by atoms with E-state index in [0.717, 1.165) is 23.7 Å². The second-order valence-electron chi connectivity index (χ2n) is 6.61. The number of benzene rings is 2. The molecule has 0 saturated carbocycles. The zero-order valence-corrected chi connectivity index (χ0v) is 18.2. The Hall–Kier alpha value is -2.92. The van der Waals surface area contributed by atoms with Gasteiger partial charge in [-0.25, -0.2) is 17.2 Å². The largest absolute Gasteiger partial charge is 0.465 e. The van der Waals surface area contributed by atoms with Gasteiger partial charge in [0.15, 0.2) is 20.5 Å². The number of hydrogen-bond acceptors (Lipinski definition) is 6. The van der Waals surface area contributed by atoms with Crippen LogP contribution in [-0.2, 0) is 37.1 Å². The number of fused-ring (bicyclic) bond motifs is 1. The summed E-state index contributed by atoms with van der Waals surface area (Å²) in [6.45, 7) is 1.34. The van der Waals surface area contributed by atoms with Crippen LogP contribution in [0.25, 0.3) is 10.2 Å². The predicted octanol–water partition coefficient (Wildman–Crippen LogP) is 2.62. The number of halogens is 2. The second-order valence-corrected chi connectivity index (χ2v) is 9.63. The van der Waals surface area contributed by atoms with E-state index in [1.807, 2.05) is 0 Å². The highest BCUT2D eigenvalue weighted by Gasteiger charge is 2.17. The molecule has 3 aromatic rings. The number of rotatable bonds is 6. The molecule has 0 saturated heterocycles. The van der Waals surface area contributed by atoms with Gasteiger partial charge < -0.3 is 9.30 Å². The van der Waals surface area contributed by atoms with Gasteiger partial charge in [0.25, 0.3) is 5.91 Å². The van der Waals surface area contributed by atoms with Crippen molar-refractivity contribution in [3.05, 3.63) is 58.4 Å². The molecular formula is C20H18F2N2O5S2. The molecule has 0 aliphatic carbocycles. The highest BCUT2D eigenvalue weighted by molar-refractivity contribution is 7.90. The molecule has 1 heterocycles. The molecule has 0 bridgehead atoms. The first kappa shape index (κ1) is 22.8. The van der Waals surface area contributed by atoms with Crippen molar-refractivity contribution in [2.24, 2.45) is 4.99 Å². The minimum Gasteiger partial charge on any atom is -0.465 e. The number of thiazole rings is 1. The van der Waals surface area contributed by atoms with Crippen LogP contribution >= 0.6 is 11.3 Å². The molecule has 164 valence electrons. The molecule has 0 atom stereocenters. The molecule has 0 aliphatic heterocycles. The number of esters is 1. The Balaban J connectivity index is 1.99. The van der Waals surface area contributed by atoms with Gasteiger partial charge in [-0.15, -0.1) is 0 Å². The Labute approximate surface area is 180 Å². The average molecular weight is 469 g/mol. The third-order valence-electron chi connectivity index (χ3n) is 4.22. The van der Waals surface area contributed by atoms with Crippen LogP contribution in [0.1, 0.15) is 12.5 Å². The topological polar surface area (TPSA) is 94.8 Å². The van der Waals surface area contributed by atoms with Gasteiger partial charge in [-0.1, -0.05) is 23.5 Å². The summed E-state index contributed by atoms with van der Waals surface area (Å²) in [5, 5.41) is 0. The minimum atomic E-state index is -3.36.